The van der Waals surface area contributed by atoms with E-state index in [0.29, 0.717) is 18.5 Å². The molecule has 1 aromatic heterocycles. The van der Waals surface area contributed by atoms with Crippen molar-refractivity contribution in [3.8, 4) is 11.1 Å². The van der Waals surface area contributed by atoms with Crippen molar-refractivity contribution in [2.75, 3.05) is 22.9 Å². The first-order valence-electron chi connectivity index (χ1n) is 15.2. The van der Waals surface area contributed by atoms with E-state index in [-0.39, 0.29) is 24.3 Å². The van der Waals surface area contributed by atoms with Gasteiger partial charge in [0.1, 0.15) is 0 Å². The van der Waals surface area contributed by atoms with E-state index in [0.717, 1.165) is 47.8 Å². The third kappa shape index (κ3) is 5.72. The van der Waals surface area contributed by atoms with Gasteiger partial charge in [-0.3, -0.25) is 19.7 Å². The maximum atomic E-state index is 13.7. The molecule has 1 aromatic carbocycles. The number of hydrogen-bond donors (Lipinski definition) is 1. The summed E-state index contributed by atoms with van der Waals surface area (Å²) in [5.74, 6) is 1.33. The van der Waals surface area contributed by atoms with E-state index in [4.69, 9.17) is 4.74 Å². The Morgan fingerprint density at radius 2 is 1.72 bits per heavy atom. The van der Waals surface area contributed by atoms with Gasteiger partial charge in [-0.2, -0.15) is 5.10 Å². The highest BCUT2D eigenvalue weighted by Gasteiger charge is 2.37. The molecule has 3 heterocycles. The molecular formula is C31H43N5O3. The average molecular weight is 534 g/mol. The Morgan fingerprint density at radius 1 is 0.949 bits per heavy atom. The number of ether oxygens (including phenoxy) is 1. The van der Waals surface area contributed by atoms with E-state index in [2.05, 4.69) is 16.6 Å². The second kappa shape index (κ2) is 11.3. The molecule has 8 nitrogen and oxygen atoms in total. The highest BCUT2D eigenvalue weighted by molar-refractivity contribution is 6.03. The lowest BCUT2D eigenvalue weighted by atomic mass is 9.77. The number of benzene rings is 1. The molecule has 2 aliphatic carbocycles. The van der Waals surface area contributed by atoms with Gasteiger partial charge in [0.15, 0.2) is 6.23 Å². The fraction of sp³-hybridized carbons (Fsp3) is 0.645. The van der Waals surface area contributed by atoms with Crippen molar-refractivity contribution in [3.63, 3.8) is 0 Å². The molecule has 4 aliphatic rings. The molecule has 6 rings (SSSR count). The second-order valence-electron chi connectivity index (χ2n) is 12.2. The predicted octanol–water partition coefficient (Wildman–Crippen LogP) is 6.27. The Balaban J connectivity index is 1.21. The van der Waals surface area contributed by atoms with Crippen molar-refractivity contribution < 1.29 is 14.3 Å². The largest absolute Gasteiger partial charge is 0.430 e. The molecular weight excluding hydrogens is 490 g/mol. The van der Waals surface area contributed by atoms with Crippen molar-refractivity contribution in [1.82, 2.24) is 15.1 Å². The molecule has 1 N–H and O–H groups in total. The molecule has 2 aliphatic heterocycles. The maximum Gasteiger partial charge on any atom is 0.416 e. The first-order valence-corrected chi connectivity index (χ1v) is 15.2. The maximum absolute atomic E-state index is 13.7. The quantitative estimate of drug-likeness (QED) is 0.501. The lowest BCUT2D eigenvalue weighted by Crippen LogP contribution is -2.53. The molecule has 0 spiro atoms. The number of fused-ring (bicyclic) bond motifs is 1. The summed E-state index contributed by atoms with van der Waals surface area (Å²) in [4.78, 5) is 29.9. The van der Waals surface area contributed by atoms with Crippen molar-refractivity contribution in [3.05, 3.63) is 30.6 Å². The van der Waals surface area contributed by atoms with Crippen LogP contribution < -0.4 is 15.1 Å². The van der Waals surface area contributed by atoms with Crippen LogP contribution in [0.4, 0.5) is 16.2 Å². The molecule has 3 atom stereocenters. The number of hydrogen-bond acceptors (Lipinski definition) is 5. The second-order valence-corrected chi connectivity index (χ2v) is 12.2. The van der Waals surface area contributed by atoms with Crippen LogP contribution in [0.3, 0.4) is 0 Å². The van der Waals surface area contributed by atoms with Gasteiger partial charge in [0, 0.05) is 31.6 Å². The monoisotopic (exact) mass is 533 g/mol. The van der Waals surface area contributed by atoms with E-state index < -0.39 is 0 Å². The number of amides is 2. The van der Waals surface area contributed by atoms with Crippen LogP contribution in [0.2, 0.25) is 0 Å². The summed E-state index contributed by atoms with van der Waals surface area (Å²) < 4.78 is 8.19. The van der Waals surface area contributed by atoms with Crippen LogP contribution in [0.5, 0.6) is 0 Å². The third-order valence-corrected chi connectivity index (χ3v) is 9.29. The summed E-state index contributed by atoms with van der Waals surface area (Å²) in [5, 5.41) is 8.01. The van der Waals surface area contributed by atoms with Gasteiger partial charge in [-0.25, -0.2) is 4.79 Å². The number of piperidine rings is 1. The molecule has 2 saturated carbocycles. The molecule has 8 heteroatoms. The van der Waals surface area contributed by atoms with Crippen LogP contribution in [0.1, 0.15) is 90.5 Å². The zero-order valence-corrected chi connectivity index (χ0v) is 23.5. The molecule has 3 unspecified atom stereocenters. The molecule has 2 aromatic rings. The first-order chi connectivity index (χ1) is 19.0. The van der Waals surface area contributed by atoms with Gasteiger partial charge in [-0.15, -0.1) is 0 Å². The number of nitrogens with zero attached hydrogens (tertiary/aromatic N) is 4. The number of carbonyl (C=O) groups excluding carboxylic acids is 2. The van der Waals surface area contributed by atoms with Crippen molar-refractivity contribution in [2.45, 2.75) is 103 Å². The Labute approximate surface area is 232 Å². The van der Waals surface area contributed by atoms with Gasteiger partial charge in [-0.05, 0) is 62.3 Å². The van der Waals surface area contributed by atoms with E-state index in [1.165, 1.54) is 57.8 Å². The van der Waals surface area contributed by atoms with Gasteiger partial charge in [0.2, 0.25) is 5.91 Å². The minimum atomic E-state index is -0.340. The average Bonchev–Trinajstić information content (AvgIpc) is 3.64. The van der Waals surface area contributed by atoms with Crippen LogP contribution in [0, 0.1) is 11.8 Å². The summed E-state index contributed by atoms with van der Waals surface area (Å²) in [6.45, 7) is 4.86. The highest BCUT2D eigenvalue weighted by atomic mass is 16.6. The Hall–Kier alpha value is -2.87. The standard InChI is InChI=1S/C31H43N5O3/c1-21-19-34(31(38)39-30-17-25(14-15-32-30)23-8-6-4-3-5-7-9-23)29-16-24(10-13-28(29)36(21)22(2)37)26-18-33-35(20-26)27-11-12-27/h10,13,16,18,20-21,23,25,27,30,32H,3-9,11-12,14-15,17,19H2,1-2H3. The number of nitrogens with one attached hydrogen (secondary N) is 1. The first kappa shape index (κ1) is 26.4. The number of anilines is 2. The van der Waals surface area contributed by atoms with Gasteiger partial charge < -0.3 is 9.64 Å². The van der Waals surface area contributed by atoms with Crippen LogP contribution in [0.15, 0.2) is 30.6 Å². The summed E-state index contributed by atoms with van der Waals surface area (Å²) >= 11 is 0. The van der Waals surface area contributed by atoms with Gasteiger partial charge in [-0.1, -0.05) is 51.0 Å². The minimum absolute atomic E-state index is 0.0259. The van der Waals surface area contributed by atoms with Crippen LogP contribution in [-0.4, -0.2) is 47.1 Å². The summed E-state index contributed by atoms with van der Waals surface area (Å²) in [6, 6.07) is 6.35. The lowest BCUT2D eigenvalue weighted by Gasteiger charge is -2.41. The van der Waals surface area contributed by atoms with Crippen molar-refractivity contribution >= 4 is 23.4 Å². The summed E-state index contributed by atoms with van der Waals surface area (Å²) in [7, 11) is 0. The lowest BCUT2D eigenvalue weighted by molar-refractivity contribution is -0.117. The smallest absolute Gasteiger partial charge is 0.416 e. The topological polar surface area (TPSA) is 79.7 Å². The van der Waals surface area contributed by atoms with Crippen LogP contribution in [-0.2, 0) is 9.53 Å². The number of carbonyl (C=O) groups is 2. The van der Waals surface area contributed by atoms with Gasteiger partial charge in [0.05, 0.1) is 29.7 Å². The minimum Gasteiger partial charge on any atom is -0.430 e. The Morgan fingerprint density at radius 3 is 2.46 bits per heavy atom. The SMILES string of the molecule is CC(=O)N1c2ccc(-c3cnn(C4CC4)c3)cc2N(C(=O)OC2CC(C3CCCCCCC3)CCN2)CC1C. The molecule has 3 fully saturated rings. The summed E-state index contributed by atoms with van der Waals surface area (Å²) in [6.07, 6.45) is 17.1. The van der Waals surface area contributed by atoms with Crippen LogP contribution >= 0.6 is 0 Å². The number of rotatable bonds is 4. The zero-order chi connectivity index (χ0) is 26.9. The molecule has 0 bridgehead atoms. The van der Waals surface area contributed by atoms with Gasteiger partial charge in [0.25, 0.3) is 0 Å². The fourth-order valence-corrected chi connectivity index (χ4v) is 7.05. The molecule has 1 saturated heterocycles. The van der Waals surface area contributed by atoms with E-state index in [1.54, 1.807) is 16.7 Å². The number of aromatic nitrogens is 2. The summed E-state index contributed by atoms with van der Waals surface area (Å²) in [5.41, 5.74) is 3.47. The normalized spacial score (nSPS) is 26.5. The van der Waals surface area contributed by atoms with Crippen molar-refractivity contribution in [1.29, 1.82) is 0 Å². The zero-order valence-electron chi connectivity index (χ0n) is 23.5. The van der Waals surface area contributed by atoms with E-state index >= 15 is 0 Å². The molecule has 2 amide bonds. The Bertz CT molecular complexity index is 1180. The van der Waals surface area contributed by atoms with Crippen molar-refractivity contribution in [2.24, 2.45) is 11.8 Å². The molecule has 39 heavy (non-hydrogen) atoms. The predicted molar refractivity (Wildman–Crippen MR) is 153 cm³/mol. The van der Waals surface area contributed by atoms with Gasteiger partial charge >= 0.3 is 6.09 Å². The Kier molecular flexibility index (Phi) is 7.65. The van der Waals surface area contributed by atoms with E-state index in [1.807, 2.05) is 36.0 Å². The van der Waals surface area contributed by atoms with Crippen LogP contribution in [0.25, 0.3) is 11.1 Å². The molecule has 210 valence electrons. The van der Waals surface area contributed by atoms with E-state index in [9.17, 15) is 9.59 Å². The third-order valence-electron chi connectivity index (χ3n) is 9.29. The molecule has 0 radical (unpaired) electrons. The fourth-order valence-electron chi connectivity index (χ4n) is 7.05. The highest BCUT2D eigenvalue weighted by Crippen LogP contribution is 2.41.